The van der Waals surface area contributed by atoms with Crippen LogP contribution in [0.3, 0.4) is 0 Å². The van der Waals surface area contributed by atoms with Gasteiger partial charge in [0, 0.05) is 29.2 Å². The molecule has 0 saturated heterocycles. The van der Waals surface area contributed by atoms with Crippen LogP contribution in [0.2, 0.25) is 0 Å². The number of halogens is 1. The lowest BCUT2D eigenvalue weighted by molar-refractivity contribution is 0.307. The number of hydrogen-bond acceptors (Lipinski definition) is 2. The molecule has 0 aliphatic heterocycles. The molecule has 1 aromatic carbocycles. The first-order chi connectivity index (χ1) is 11.2. The zero-order chi connectivity index (χ0) is 16.2. The smallest absolute Gasteiger partial charge is 0.138 e. The van der Waals surface area contributed by atoms with Crippen molar-refractivity contribution in [3.05, 3.63) is 58.8 Å². The van der Waals surface area contributed by atoms with E-state index in [9.17, 15) is 0 Å². The van der Waals surface area contributed by atoms with Crippen LogP contribution in [0.15, 0.2) is 53.1 Å². The molecule has 120 valence electrons. The molecule has 0 saturated carbocycles. The highest BCUT2D eigenvalue weighted by Crippen LogP contribution is 2.26. The number of nitrogens with zero attached hydrogens (tertiary/aromatic N) is 3. The van der Waals surface area contributed by atoms with Crippen LogP contribution < -0.4 is 0 Å². The van der Waals surface area contributed by atoms with Gasteiger partial charge in [-0.3, -0.25) is 0 Å². The average molecular weight is 372 g/mol. The molecule has 23 heavy (non-hydrogen) atoms. The molecule has 0 unspecified atom stereocenters. The van der Waals surface area contributed by atoms with Crippen LogP contribution in [0.5, 0.6) is 0 Å². The second kappa shape index (κ2) is 7.28. The van der Waals surface area contributed by atoms with Crippen LogP contribution >= 0.6 is 15.9 Å². The van der Waals surface area contributed by atoms with Gasteiger partial charge in [-0.15, -0.1) is 0 Å². The van der Waals surface area contributed by atoms with Crippen molar-refractivity contribution in [3.8, 4) is 11.3 Å². The molecule has 0 N–H and O–H groups in total. The van der Waals surface area contributed by atoms with E-state index in [4.69, 9.17) is 4.98 Å². The molecule has 0 aliphatic carbocycles. The summed E-state index contributed by atoms with van der Waals surface area (Å²) in [6.07, 6.45) is 3.10. The fraction of sp³-hybridized carbons (Fsp3) is 0.316. The topological polar surface area (TPSA) is 20.5 Å². The third-order valence-electron chi connectivity index (χ3n) is 4.29. The van der Waals surface area contributed by atoms with Gasteiger partial charge in [0.05, 0.1) is 11.4 Å². The van der Waals surface area contributed by atoms with Gasteiger partial charge in [-0.2, -0.15) is 0 Å². The summed E-state index contributed by atoms with van der Waals surface area (Å²) in [7, 11) is 0. The molecule has 0 atom stereocenters. The molecule has 3 nitrogen and oxygen atoms in total. The number of aromatic nitrogens is 2. The lowest BCUT2D eigenvalue weighted by Gasteiger charge is -2.18. The van der Waals surface area contributed by atoms with Crippen LogP contribution in [0.25, 0.3) is 16.9 Å². The third kappa shape index (κ3) is 3.48. The van der Waals surface area contributed by atoms with Gasteiger partial charge in [-0.25, -0.2) is 4.98 Å². The van der Waals surface area contributed by atoms with E-state index in [0.29, 0.717) is 0 Å². The van der Waals surface area contributed by atoms with E-state index in [1.54, 1.807) is 0 Å². The number of fused-ring (bicyclic) bond motifs is 1. The second-order valence-electron chi connectivity index (χ2n) is 5.62. The molecule has 3 rings (SSSR count). The Bertz CT molecular complexity index is 776. The maximum absolute atomic E-state index is 4.89. The highest BCUT2D eigenvalue weighted by Gasteiger charge is 2.14. The second-order valence-corrected chi connectivity index (χ2v) is 6.54. The van der Waals surface area contributed by atoms with Crippen LogP contribution in [0.1, 0.15) is 19.5 Å². The predicted molar refractivity (Wildman–Crippen MR) is 99.8 cm³/mol. The predicted octanol–water partition coefficient (Wildman–Crippen LogP) is 4.65. The quantitative estimate of drug-likeness (QED) is 0.628. The Morgan fingerprint density at radius 1 is 1.09 bits per heavy atom. The van der Waals surface area contributed by atoms with Crippen molar-refractivity contribution in [2.45, 2.75) is 20.3 Å². The van der Waals surface area contributed by atoms with Crippen molar-refractivity contribution in [2.75, 3.05) is 19.6 Å². The SMILES string of the molecule is CCN(CC)CCc1c(-c2ccccc2)nc2cc(Br)ccn12. The maximum Gasteiger partial charge on any atom is 0.138 e. The summed E-state index contributed by atoms with van der Waals surface area (Å²) in [5.74, 6) is 0. The van der Waals surface area contributed by atoms with E-state index in [-0.39, 0.29) is 0 Å². The van der Waals surface area contributed by atoms with E-state index in [1.807, 2.05) is 6.07 Å². The molecule has 0 bridgehead atoms. The van der Waals surface area contributed by atoms with Crippen molar-refractivity contribution in [3.63, 3.8) is 0 Å². The zero-order valence-electron chi connectivity index (χ0n) is 13.7. The molecule has 0 fully saturated rings. The summed E-state index contributed by atoms with van der Waals surface area (Å²) in [4.78, 5) is 7.34. The van der Waals surface area contributed by atoms with Gasteiger partial charge in [0.25, 0.3) is 0 Å². The summed E-state index contributed by atoms with van der Waals surface area (Å²) in [6.45, 7) is 7.65. The molecular weight excluding hydrogens is 350 g/mol. The molecule has 2 aromatic heterocycles. The van der Waals surface area contributed by atoms with Gasteiger partial charge in [0.1, 0.15) is 5.65 Å². The Kier molecular flexibility index (Phi) is 5.13. The van der Waals surface area contributed by atoms with Crippen molar-refractivity contribution < 1.29 is 0 Å². The summed E-state index contributed by atoms with van der Waals surface area (Å²) >= 11 is 3.55. The minimum atomic E-state index is 0.993. The van der Waals surface area contributed by atoms with Gasteiger partial charge in [-0.1, -0.05) is 60.1 Å². The van der Waals surface area contributed by atoms with Crippen LogP contribution in [0.4, 0.5) is 0 Å². The summed E-state index contributed by atoms with van der Waals surface area (Å²) in [5, 5.41) is 0. The molecular formula is C19H22BrN3. The minimum absolute atomic E-state index is 0.993. The molecule has 0 spiro atoms. The number of imidazole rings is 1. The van der Waals surface area contributed by atoms with Gasteiger partial charge in [0.15, 0.2) is 0 Å². The molecule has 0 aliphatic rings. The number of pyridine rings is 1. The summed E-state index contributed by atoms with van der Waals surface area (Å²) in [6, 6.07) is 14.6. The van der Waals surface area contributed by atoms with E-state index < -0.39 is 0 Å². The largest absolute Gasteiger partial charge is 0.303 e. The Morgan fingerprint density at radius 3 is 2.52 bits per heavy atom. The lowest BCUT2D eigenvalue weighted by Crippen LogP contribution is -2.25. The molecule has 4 heteroatoms. The van der Waals surface area contributed by atoms with Gasteiger partial charge in [0.2, 0.25) is 0 Å². The number of rotatable bonds is 6. The Hall–Kier alpha value is -1.65. The van der Waals surface area contributed by atoms with Crippen molar-refractivity contribution in [2.24, 2.45) is 0 Å². The summed E-state index contributed by atoms with van der Waals surface area (Å²) in [5.41, 5.74) is 4.55. The van der Waals surface area contributed by atoms with Crippen LogP contribution in [0, 0.1) is 0 Å². The first-order valence-corrected chi connectivity index (χ1v) is 8.96. The van der Waals surface area contributed by atoms with E-state index in [1.165, 1.54) is 11.3 Å². The lowest BCUT2D eigenvalue weighted by atomic mass is 10.1. The van der Waals surface area contributed by atoms with Crippen molar-refractivity contribution >= 4 is 21.6 Å². The zero-order valence-corrected chi connectivity index (χ0v) is 15.3. The van der Waals surface area contributed by atoms with Gasteiger partial charge in [-0.05, 0) is 25.2 Å². The fourth-order valence-corrected chi connectivity index (χ4v) is 3.26. The summed E-state index contributed by atoms with van der Waals surface area (Å²) < 4.78 is 3.28. The molecule has 2 heterocycles. The van der Waals surface area contributed by atoms with E-state index in [0.717, 1.165) is 41.9 Å². The standard InChI is InChI=1S/C19H22BrN3/c1-3-22(4-2)12-11-17-19(15-8-6-5-7-9-15)21-18-14-16(20)10-13-23(17)18/h5-10,13-14H,3-4,11-12H2,1-2H3. The van der Waals surface area contributed by atoms with Crippen LogP contribution in [-0.4, -0.2) is 33.9 Å². The maximum atomic E-state index is 4.89. The molecule has 0 radical (unpaired) electrons. The van der Waals surface area contributed by atoms with Crippen molar-refractivity contribution in [1.82, 2.24) is 14.3 Å². The molecule has 0 amide bonds. The van der Waals surface area contributed by atoms with Gasteiger partial charge >= 0.3 is 0 Å². The number of likely N-dealkylation sites (N-methyl/N-ethyl adjacent to an activating group) is 1. The normalized spacial score (nSPS) is 11.5. The molecule has 3 aromatic rings. The highest BCUT2D eigenvalue weighted by atomic mass is 79.9. The minimum Gasteiger partial charge on any atom is -0.303 e. The third-order valence-corrected chi connectivity index (χ3v) is 4.79. The fourth-order valence-electron chi connectivity index (χ4n) is 2.94. The van der Waals surface area contributed by atoms with Crippen molar-refractivity contribution in [1.29, 1.82) is 0 Å². The first kappa shape index (κ1) is 16.2. The average Bonchev–Trinajstić information content (AvgIpc) is 2.94. The highest BCUT2D eigenvalue weighted by molar-refractivity contribution is 9.10. The van der Waals surface area contributed by atoms with E-state index >= 15 is 0 Å². The number of hydrogen-bond donors (Lipinski definition) is 0. The number of benzene rings is 1. The van der Waals surface area contributed by atoms with Crippen LogP contribution in [-0.2, 0) is 6.42 Å². The Labute approximate surface area is 146 Å². The first-order valence-electron chi connectivity index (χ1n) is 8.17. The Morgan fingerprint density at radius 2 is 1.83 bits per heavy atom. The Balaban J connectivity index is 2.05. The monoisotopic (exact) mass is 371 g/mol. The van der Waals surface area contributed by atoms with E-state index in [2.05, 4.69) is 81.7 Å². The van der Waals surface area contributed by atoms with Gasteiger partial charge < -0.3 is 9.30 Å².